The lowest BCUT2D eigenvalue weighted by molar-refractivity contribution is 0.132. The molecular weight excluding hydrogens is 340 g/mol. The lowest BCUT2D eigenvalue weighted by atomic mass is 10.2. The highest BCUT2D eigenvalue weighted by atomic mass is 16.5. The van der Waals surface area contributed by atoms with E-state index in [1.807, 2.05) is 5.01 Å². The number of ether oxygens (including phenoxy) is 1. The number of benzene rings is 1. The van der Waals surface area contributed by atoms with E-state index >= 15 is 0 Å². The minimum absolute atomic E-state index is 0.614. The second-order valence-electron chi connectivity index (χ2n) is 7.15. The van der Waals surface area contributed by atoms with Gasteiger partial charge in [0.05, 0.1) is 6.61 Å². The smallest absolute Gasteiger partial charge is 0.119 e. The predicted molar refractivity (Wildman–Crippen MR) is 111 cm³/mol. The molecule has 0 amide bonds. The molecule has 154 valence electrons. The summed E-state index contributed by atoms with van der Waals surface area (Å²) in [6.45, 7) is 12.7. The molecule has 0 spiro atoms. The molecule has 0 bridgehead atoms. The van der Waals surface area contributed by atoms with Gasteiger partial charge in [0.15, 0.2) is 0 Å². The summed E-state index contributed by atoms with van der Waals surface area (Å²) in [5, 5.41) is 5.43. The first-order valence-electron chi connectivity index (χ1n) is 10.3. The number of rotatable bonds is 13. The Hall–Kier alpha value is -1.22. The number of piperazine rings is 1. The van der Waals surface area contributed by atoms with Gasteiger partial charge in [-0.15, -0.1) is 0 Å². The maximum Gasteiger partial charge on any atom is 0.119 e. The number of nitrogens with one attached hydrogen (secondary N) is 1. The maximum absolute atomic E-state index is 5.81. The number of hydrazine groups is 1. The van der Waals surface area contributed by atoms with Gasteiger partial charge in [0.2, 0.25) is 0 Å². The van der Waals surface area contributed by atoms with E-state index in [9.17, 15) is 0 Å². The minimum Gasteiger partial charge on any atom is -0.494 e. The van der Waals surface area contributed by atoms with E-state index in [0.29, 0.717) is 6.67 Å². The van der Waals surface area contributed by atoms with E-state index < -0.39 is 0 Å². The van der Waals surface area contributed by atoms with Crippen LogP contribution in [0.4, 0.5) is 0 Å². The van der Waals surface area contributed by atoms with E-state index in [0.717, 1.165) is 77.7 Å². The molecular formula is C20H38N6O. The van der Waals surface area contributed by atoms with Crippen LogP contribution in [-0.4, -0.2) is 80.4 Å². The fourth-order valence-electron chi connectivity index (χ4n) is 3.21. The average Bonchev–Trinajstić information content (AvgIpc) is 2.70. The van der Waals surface area contributed by atoms with E-state index in [1.165, 1.54) is 12.0 Å². The summed E-state index contributed by atoms with van der Waals surface area (Å²) in [6, 6.07) is 8.40. The van der Waals surface area contributed by atoms with Gasteiger partial charge in [-0.1, -0.05) is 19.1 Å². The summed E-state index contributed by atoms with van der Waals surface area (Å²) in [4.78, 5) is 4.70. The zero-order valence-corrected chi connectivity index (χ0v) is 16.9. The first-order chi connectivity index (χ1) is 13.2. The fraction of sp³-hybridized carbons (Fsp3) is 0.700. The second-order valence-corrected chi connectivity index (χ2v) is 7.15. The van der Waals surface area contributed by atoms with Gasteiger partial charge in [0, 0.05) is 45.9 Å². The predicted octanol–water partition coefficient (Wildman–Crippen LogP) is 0.665. The van der Waals surface area contributed by atoms with Crippen LogP contribution in [0, 0.1) is 0 Å². The Morgan fingerprint density at radius 2 is 1.85 bits per heavy atom. The van der Waals surface area contributed by atoms with Crippen LogP contribution in [0.3, 0.4) is 0 Å². The van der Waals surface area contributed by atoms with Gasteiger partial charge in [-0.2, -0.15) is 0 Å². The van der Waals surface area contributed by atoms with Crippen molar-refractivity contribution in [3.8, 4) is 5.75 Å². The van der Waals surface area contributed by atoms with E-state index in [4.69, 9.17) is 16.3 Å². The summed E-state index contributed by atoms with van der Waals surface area (Å²) in [5.41, 5.74) is 6.96. The standard InChI is InChI=1S/C20H38N6O/c1-2-24(18-21)11-4-16-27-20-7-5-19(6-8-20)17-23-9-3-10-25-12-14-26(22)15-13-25/h5-8,23H,2-4,9-18,21-22H2,1H3. The van der Waals surface area contributed by atoms with Crippen molar-refractivity contribution in [1.82, 2.24) is 20.1 Å². The van der Waals surface area contributed by atoms with Gasteiger partial charge in [-0.3, -0.25) is 10.7 Å². The van der Waals surface area contributed by atoms with Gasteiger partial charge in [-0.05, 0) is 50.2 Å². The normalized spacial score (nSPS) is 16.1. The van der Waals surface area contributed by atoms with E-state index in [1.54, 1.807) is 0 Å². The zero-order valence-electron chi connectivity index (χ0n) is 16.9. The first kappa shape index (κ1) is 22.1. The second kappa shape index (κ2) is 13.0. The van der Waals surface area contributed by atoms with Crippen LogP contribution in [0.1, 0.15) is 25.3 Å². The number of nitrogens with two attached hydrogens (primary N) is 2. The fourth-order valence-corrected chi connectivity index (χ4v) is 3.21. The number of nitrogens with zero attached hydrogens (tertiary/aromatic N) is 3. The van der Waals surface area contributed by atoms with Crippen molar-refractivity contribution >= 4 is 0 Å². The van der Waals surface area contributed by atoms with Crippen molar-refractivity contribution in [3.63, 3.8) is 0 Å². The van der Waals surface area contributed by atoms with Crippen LogP contribution in [0.25, 0.3) is 0 Å². The molecule has 1 aromatic rings. The Balaban J connectivity index is 1.52. The van der Waals surface area contributed by atoms with Crippen LogP contribution in [0.5, 0.6) is 5.75 Å². The summed E-state index contributed by atoms with van der Waals surface area (Å²) >= 11 is 0. The van der Waals surface area contributed by atoms with Crippen molar-refractivity contribution in [3.05, 3.63) is 29.8 Å². The molecule has 1 aromatic carbocycles. The molecule has 1 aliphatic rings. The van der Waals surface area contributed by atoms with Crippen LogP contribution in [0.2, 0.25) is 0 Å². The molecule has 0 radical (unpaired) electrons. The third kappa shape index (κ3) is 9.01. The summed E-state index contributed by atoms with van der Waals surface area (Å²) in [6.07, 6.45) is 2.16. The third-order valence-electron chi connectivity index (χ3n) is 5.08. The molecule has 7 heteroatoms. The summed E-state index contributed by atoms with van der Waals surface area (Å²) < 4.78 is 5.81. The minimum atomic E-state index is 0.614. The Kier molecular flexibility index (Phi) is 10.7. The van der Waals surface area contributed by atoms with Crippen LogP contribution in [-0.2, 0) is 6.54 Å². The molecule has 7 nitrogen and oxygen atoms in total. The van der Waals surface area contributed by atoms with Crippen molar-refractivity contribution in [2.24, 2.45) is 11.6 Å². The van der Waals surface area contributed by atoms with Crippen molar-refractivity contribution in [1.29, 1.82) is 0 Å². The summed E-state index contributed by atoms with van der Waals surface area (Å²) in [7, 11) is 0. The molecule has 0 aromatic heterocycles. The third-order valence-corrected chi connectivity index (χ3v) is 5.08. The van der Waals surface area contributed by atoms with Gasteiger partial charge in [0.1, 0.15) is 5.75 Å². The topological polar surface area (TPSA) is 83.0 Å². The van der Waals surface area contributed by atoms with Crippen molar-refractivity contribution < 1.29 is 4.74 Å². The molecule has 0 unspecified atom stereocenters. The first-order valence-corrected chi connectivity index (χ1v) is 10.3. The molecule has 1 fully saturated rings. The zero-order chi connectivity index (χ0) is 19.3. The van der Waals surface area contributed by atoms with Crippen LogP contribution in [0.15, 0.2) is 24.3 Å². The highest BCUT2D eigenvalue weighted by molar-refractivity contribution is 5.27. The molecule has 1 aliphatic heterocycles. The Morgan fingerprint density at radius 3 is 2.52 bits per heavy atom. The monoisotopic (exact) mass is 378 g/mol. The van der Waals surface area contributed by atoms with Crippen molar-refractivity contribution in [2.75, 3.05) is 65.6 Å². The van der Waals surface area contributed by atoms with Gasteiger partial charge in [-0.25, -0.2) is 5.01 Å². The van der Waals surface area contributed by atoms with Crippen LogP contribution >= 0.6 is 0 Å². The highest BCUT2D eigenvalue weighted by Gasteiger charge is 2.12. The maximum atomic E-state index is 5.81. The molecule has 0 aliphatic carbocycles. The van der Waals surface area contributed by atoms with Gasteiger partial charge < -0.3 is 20.7 Å². The molecule has 1 saturated heterocycles. The van der Waals surface area contributed by atoms with Gasteiger partial charge in [0.25, 0.3) is 0 Å². The molecule has 27 heavy (non-hydrogen) atoms. The Labute approximate surface area is 164 Å². The van der Waals surface area contributed by atoms with Crippen molar-refractivity contribution in [2.45, 2.75) is 26.3 Å². The molecule has 0 atom stereocenters. The molecule has 5 N–H and O–H groups in total. The lowest BCUT2D eigenvalue weighted by Crippen LogP contribution is -2.49. The number of hydrogen-bond donors (Lipinski definition) is 3. The molecule has 0 saturated carbocycles. The van der Waals surface area contributed by atoms with Gasteiger partial charge >= 0.3 is 0 Å². The SMILES string of the molecule is CCN(CN)CCCOc1ccc(CNCCCN2CCN(N)CC2)cc1. The highest BCUT2D eigenvalue weighted by Crippen LogP contribution is 2.12. The van der Waals surface area contributed by atoms with Crippen LogP contribution < -0.4 is 21.6 Å². The largest absolute Gasteiger partial charge is 0.494 e. The number of hydrogen-bond acceptors (Lipinski definition) is 7. The average molecular weight is 379 g/mol. The molecule has 1 heterocycles. The molecule has 2 rings (SSSR count). The quantitative estimate of drug-likeness (QED) is 0.264. The Morgan fingerprint density at radius 1 is 1.11 bits per heavy atom. The lowest BCUT2D eigenvalue weighted by Gasteiger charge is -2.31. The van der Waals surface area contributed by atoms with E-state index in [-0.39, 0.29) is 0 Å². The Bertz CT molecular complexity index is 486. The summed E-state index contributed by atoms with van der Waals surface area (Å²) in [5.74, 6) is 6.72. The van der Waals surface area contributed by atoms with E-state index in [2.05, 4.69) is 46.3 Å².